The van der Waals surface area contributed by atoms with E-state index in [0.717, 1.165) is 5.56 Å². The molecule has 1 aromatic rings. The molecule has 0 heterocycles. The third-order valence-corrected chi connectivity index (χ3v) is 3.00. The number of hydrogen-bond donors (Lipinski definition) is 2. The minimum Gasteiger partial charge on any atom is -0.348 e. The third kappa shape index (κ3) is 4.72. The monoisotopic (exact) mass is 296 g/mol. The Morgan fingerprint density at radius 1 is 1.41 bits per heavy atom. The van der Waals surface area contributed by atoms with Gasteiger partial charge in [-0.2, -0.15) is 0 Å². The number of halogens is 3. The van der Waals surface area contributed by atoms with Crippen molar-refractivity contribution in [2.45, 2.75) is 13.0 Å². The number of rotatable bonds is 4. The Labute approximate surface area is 117 Å². The summed E-state index contributed by atoms with van der Waals surface area (Å²) < 4.78 is 0. The van der Waals surface area contributed by atoms with E-state index in [-0.39, 0.29) is 30.9 Å². The Hall–Kier alpha value is -0.480. The number of benzene rings is 1. The van der Waals surface area contributed by atoms with Crippen LogP contribution in [-0.2, 0) is 4.79 Å². The number of carbonyl (C=O) groups is 1. The molecule has 17 heavy (non-hydrogen) atoms. The molecular weight excluding hydrogens is 282 g/mol. The van der Waals surface area contributed by atoms with Crippen molar-refractivity contribution < 1.29 is 4.79 Å². The molecule has 1 amide bonds. The first-order valence-corrected chi connectivity index (χ1v) is 5.69. The van der Waals surface area contributed by atoms with Gasteiger partial charge in [-0.05, 0) is 25.6 Å². The molecule has 0 saturated heterocycles. The van der Waals surface area contributed by atoms with Crippen LogP contribution < -0.4 is 10.6 Å². The van der Waals surface area contributed by atoms with Gasteiger partial charge in [0.15, 0.2) is 0 Å². The standard InChI is InChI=1S/C11H14Cl2N2O.ClH/c1-7(15-10(16)6-14-2)8-4-3-5-9(12)11(8)13;/h3-5,7,14H,6H2,1-2H3,(H,15,16);1H. The molecule has 0 spiro atoms. The smallest absolute Gasteiger partial charge is 0.234 e. The van der Waals surface area contributed by atoms with Gasteiger partial charge < -0.3 is 10.6 Å². The van der Waals surface area contributed by atoms with E-state index in [9.17, 15) is 4.79 Å². The molecule has 3 nitrogen and oxygen atoms in total. The summed E-state index contributed by atoms with van der Waals surface area (Å²) in [5.74, 6) is -0.0777. The van der Waals surface area contributed by atoms with Crippen LogP contribution in [0, 0.1) is 0 Å². The molecule has 0 fully saturated rings. The SMILES string of the molecule is CNCC(=O)NC(C)c1cccc(Cl)c1Cl.Cl. The van der Waals surface area contributed by atoms with Crippen molar-refractivity contribution in [3.05, 3.63) is 33.8 Å². The molecule has 0 aliphatic heterocycles. The summed E-state index contributed by atoms with van der Waals surface area (Å²) in [6.07, 6.45) is 0. The van der Waals surface area contributed by atoms with Gasteiger partial charge in [0.25, 0.3) is 0 Å². The van der Waals surface area contributed by atoms with Crippen molar-refractivity contribution in [3.8, 4) is 0 Å². The highest BCUT2D eigenvalue weighted by atomic mass is 35.5. The largest absolute Gasteiger partial charge is 0.348 e. The van der Waals surface area contributed by atoms with Gasteiger partial charge >= 0.3 is 0 Å². The van der Waals surface area contributed by atoms with E-state index in [1.54, 1.807) is 13.1 Å². The van der Waals surface area contributed by atoms with Crippen molar-refractivity contribution in [2.75, 3.05) is 13.6 Å². The zero-order valence-electron chi connectivity index (χ0n) is 9.59. The average molecular weight is 298 g/mol. The van der Waals surface area contributed by atoms with Crippen molar-refractivity contribution in [2.24, 2.45) is 0 Å². The predicted octanol–water partition coefficient (Wildman–Crippen LogP) is 2.81. The lowest BCUT2D eigenvalue weighted by molar-refractivity contribution is -0.120. The van der Waals surface area contributed by atoms with E-state index >= 15 is 0 Å². The van der Waals surface area contributed by atoms with Crippen LogP contribution >= 0.6 is 35.6 Å². The highest BCUT2D eigenvalue weighted by molar-refractivity contribution is 6.42. The lowest BCUT2D eigenvalue weighted by Crippen LogP contribution is -2.34. The van der Waals surface area contributed by atoms with Gasteiger partial charge in [-0.25, -0.2) is 0 Å². The van der Waals surface area contributed by atoms with E-state index in [4.69, 9.17) is 23.2 Å². The van der Waals surface area contributed by atoms with Crippen LogP contribution in [0.4, 0.5) is 0 Å². The summed E-state index contributed by atoms with van der Waals surface area (Å²) >= 11 is 11.9. The molecule has 0 aliphatic rings. The number of nitrogens with one attached hydrogen (secondary N) is 2. The second-order valence-corrected chi connectivity index (χ2v) is 4.25. The molecule has 1 atom stereocenters. The lowest BCUT2D eigenvalue weighted by atomic mass is 10.1. The fourth-order valence-electron chi connectivity index (χ4n) is 1.39. The lowest BCUT2D eigenvalue weighted by Gasteiger charge is -2.16. The van der Waals surface area contributed by atoms with Gasteiger partial charge in [0.1, 0.15) is 0 Å². The quantitative estimate of drug-likeness (QED) is 0.897. The molecule has 1 unspecified atom stereocenters. The van der Waals surface area contributed by atoms with Gasteiger partial charge in [-0.3, -0.25) is 4.79 Å². The summed E-state index contributed by atoms with van der Waals surface area (Å²) in [5.41, 5.74) is 0.818. The Balaban J connectivity index is 0.00000256. The molecule has 0 radical (unpaired) electrons. The maximum atomic E-state index is 11.4. The molecular formula is C11H15Cl3N2O. The average Bonchev–Trinajstić information content (AvgIpc) is 2.22. The Kier molecular flexibility index (Phi) is 7.55. The summed E-state index contributed by atoms with van der Waals surface area (Å²) in [7, 11) is 1.72. The van der Waals surface area contributed by atoms with Crippen LogP contribution in [0.1, 0.15) is 18.5 Å². The number of carbonyl (C=O) groups excluding carboxylic acids is 1. The molecule has 0 aromatic heterocycles. The van der Waals surface area contributed by atoms with Gasteiger partial charge in [-0.1, -0.05) is 35.3 Å². The van der Waals surface area contributed by atoms with Crippen molar-refractivity contribution in [1.29, 1.82) is 0 Å². The molecule has 1 aromatic carbocycles. The fourth-order valence-corrected chi connectivity index (χ4v) is 1.86. The minimum atomic E-state index is -0.160. The van der Waals surface area contributed by atoms with Crippen molar-refractivity contribution in [3.63, 3.8) is 0 Å². The normalized spacial score (nSPS) is 11.5. The van der Waals surface area contributed by atoms with Crippen LogP contribution in [0.5, 0.6) is 0 Å². The van der Waals surface area contributed by atoms with Gasteiger partial charge in [0, 0.05) is 0 Å². The highest BCUT2D eigenvalue weighted by Crippen LogP contribution is 2.29. The fraction of sp³-hybridized carbons (Fsp3) is 0.364. The first-order chi connectivity index (χ1) is 7.56. The second kappa shape index (κ2) is 7.77. The van der Waals surface area contributed by atoms with E-state index in [0.29, 0.717) is 10.0 Å². The third-order valence-electron chi connectivity index (χ3n) is 2.16. The van der Waals surface area contributed by atoms with Crippen molar-refractivity contribution >= 4 is 41.5 Å². The Bertz CT molecular complexity index is 385. The van der Waals surface area contributed by atoms with Gasteiger partial charge in [-0.15, -0.1) is 12.4 Å². The molecule has 1 rings (SSSR count). The topological polar surface area (TPSA) is 41.1 Å². The number of hydrogen-bond acceptors (Lipinski definition) is 2. The second-order valence-electron chi connectivity index (χ2n) is 3.46. The molecule has 96 valence electrons. The van der Waals surface area contributed by atoms with Crippen LogP contribution in [0.25, 0.3) is 0 Å². The summed E-state index contributed by atoms with van der Waals surface area (Å²) in [6, 6.07) is 5.21. The van der Waals surface area contributed by atoms with E-state index in [2.05, 4.69) is 10.6 Å². The maximum Gasteiger partial charge on any atom is 0.234 e. The molecule has 0 aliphatic carbocycles. The van der Waals surface area contributed by atoms with Crippen LogP contribution in [0.3, 0.4) is 0 Å². The first-order valence-electron chi connectivity index (χ1n) is 4.94. The first kappa shape index (κ1) is 16.5. The van der Waals surface area contributed by atoms with Crippen LogP contribution in [-0.4, -0.2) is 19.5 Å². The van der Waals surface area contributed by atoms with Crippen LogP contribution in [0.15, 0.2) is 18.2 Å². The minimum absolute atomic E-state index is 0. The Morgan fingerprint density at radius 2 is 2.06 bits per heavy atom. The van der Waals surface area contributed by atoms with Crippen molar-refractivity contribution in [1.82, 2.24) is 10.6 Å². The zero-order chi connectivity index (χ0) is 12.1. The molecule has 0 bridgehead atoms. The number of likely N-dealkylation sites (N-methyl/N-ethyl adjacent to an activating group) is 1. The zero-order valence-corrected chi connectivity index (χ0v) is 11.9. The van der Waals surface area contributed by atoms with Gasteiger partial charge in [0.05, 0.1) is 22.6 Å². The predicted molar refractivity (Wildman–Crippen MR) is 74.2 cm³/mol. The molecule has 6 heteroatoms. The number of amides is 1. The Morgan fingerprint density at radius 3 is 2.65 bits per heavy atom. The van der Waals surface area contributed by atoms with Crippen LogP contribution in [0.2, 0.25) is 10.0 Å². The van der Waals surface area contributed by atoms with Gasteiger partial charge in [0.2, 0.25) is 5.91 Å². The van der Waals surface area contributed by atoms with E-state index in [1.165, 1.54) is 0 Å². The highest BCUT2D eigenvalue weighted by Gasteiger charge is 2.13. The summed E-state index contributed by atoms with van der Waals surface area (Å²) in [5, 5.41) is 6.58. The molecule has 0 saturated carbocycles. The maximum absolute atomic E-state index is 11.4. The van der Waals surface area contributed by atoms with E-state index in [1.807, 2.05) is 19.1 Å². The van der Waals surface area contributed by atoms with E-state index < -0.39 is 0 Å². The molecule has 2 N–H and O–H groups in total. The summed E-state index contributed by atoms with van der Waals surface area (Å²) in [4.78, 5) is 11.4. The summed E-state index contributed by atoms with van der Waals surface area (Å²) in [6.45, 7) is 2.15.